The molecule has 0 aliphatic heterocycles. The highest BCUT2D eigenvalue weighted by molar-refractivity contribution is 5.71. The third-order valence-corrected chi connectivity index (χ3v) is 8.92. The van der Waals surface area contributed by atoms with Crippen LogP contribution in [0.1, 0.15) is 129 Å². The largest absolute Gasteiger partial charge is 0.477 e. The van der Waals surface area contributed by atoms with Gasteiger partial charge >= 0.3 is 17.9 Å². The Morgan fingerprint density at radius 1 is 0.476 bits per heavy atom. The predicted molar refractivity (Wildman–Crippen MR) is 262 cm³/mol. The number of aliphatic carboxylic acids is 1. The standard InChI is InChI=1S/C54H83NO8/c1-6-8-10-12-14-16-18-20-22-24-26-28-30-32-34-36-38-40-42-44-51(56)61-48-50(49-62-54(53(58)59)60-47-46-55(3,4)5)63-52(57)45-43-41-39-37-35-33-31-29-27-25-23-21-19-17-15-13-11-9-7-2/h8-11,14-17,20-23,26-29,32-35,39,41,50,54H,6-7,12-13,18-19,24-25,30-31,36-38,40,42-49H2,1-5H3/p+1/b10-8-,11-9-,16-14-,17-15-,22-20-,23-21-,28-26-,29-27-,34-32-,35-33-,41-39-. The minimum Gasteiger partial charge on any atom is -0.477 e. The molecule has 0 aromatic heterocycles. The van der Waals surface area contributed by atoms with Crippen molar-refractivity contribution in [3.63, 3.8) is 0 Å². The van der Waals surface area contributed by atoms with Gasteiger partial charge < -0.3 is 28.5 Å². The third kappa shape index (κ3) is 45.3. The van der Waals surface area contributed by atoms with Gasteiger partial charge in [0.25, 0.3) is 6.29 Å². The second-order valence-corrected chi connectivity index (χ2v) is 15.9. The number of likely N-dealkylation sites (N-methyl/N-ethyl adjacent to an activating group) is 1. The first-order valence-corrected chi connectivity index (χ1v) is 23.3. The number of rotatable bonds is 40. The zero-order valence-electron chi connectivity index (χ0n) is 39.7. The Kier molecular flexibility index (Phi) is 40.9. The molecule has 9 heteroatoms. The maximum Gasteiger partial charge on any atom is 0.361 e. The van der Waals surface area contributed by atoms with Crippen LogP contribution < -0.4 is 0 Å². The molecule has 0 saturated heterocycles. The number of ether oxygens (including phenoxy) is 4. The number of quaternary nitrogens is 1. The minimum atomic E-state index is -1.55. The molecule has 63 heavy (non-hydrogen) atoms. The van der Waals surface area contributed by atoms with Gasteiger partial charge in [-0.1, -0.05) is 154 Å². The van der Waals surface area contributed by atoms with Gasteiger partial charge in [-0.25, -0.2) is 4.79 Å². The van der Waals surface area contributed by atoms with E-state index in [0.29, 0.717) is 23.9 Å². The molecule has 0 radical (unpaired) electrons. The van der Waals surface area contributed by atoms with Crippen LogP contribution in [-0.2, 0) is 33.3 Å². The number of allylic oxidation sites excluding steroid dienone is 22. The van der Waals surface area contributed by atoms with E-state index in [-0.39, 0.29) is 32.7 Å². The second-order valence-electron chi connectivity index (χ2n) is 15.9. The number of esters is 2. The van der Waals surface area contributed by atoms with Crippen LogP contribution in [0.25, 0.3) is 0 Å². The second kappa shape index (κ2) is 44.1. The molecule has 0 aliphatic rings. The zero-order valence-corrected chi connectivity index (χ0v) is 39.7. The fourth-order valence-corrected chi connectivity index (χ4v) is 5.36. The number of carboxylic acid groups (broad SMARTS) is 1. The quantitative estimate of drug-likeness (QED) is 0.0213. The summed E-state index contributed by atoms with van der Waals surface area (Å²) in [6.45, 7) is 4.47. The van der Waals surface area contributed by atoms with Crippen LogP contribution in [0.15, 0.2) is 134 Å². The molecule has 0 heterocycles. The minimum absolute atomic E-state index is 0.118. The maximum absolute atomic E-state index is 12.8. The molecule has 2 atom stereocenters. The Morgan fingerprint density at radius 2 is 0.889 bits per heavy atom. The smallest absolute Gasteiger partial charge is 0.361 e. The van der Waals surface area contributed by atoms with Crippen LogP contribution in [-0.4, -0.2) is 87.4 Å². The number of hydrogen-bond acceptors (Lipinski definition) is 7. The van der Waals surface area contributed by atoms with Gasteiger partial charge in [0.15, 0.2) is 6.10 Å². The highest BCUT2D eigenvalue weighted by Crippen LogP contribution is 2.09. The molecule has 0 spiro atoms. The number of carboxylic acids is 1. The van der Waals surface area contributed by atoms with Crippen molar-refractivity contribution in [2.45, 2.75) is 142 Å². The number of carbonyl (C=O) groups excluding carboxylic acids is 2. The van der Waals surface area contributed by atoms with Crippen molar-refractivity contribution in [2.75, 3.05) is 47.5 Å². The molecule has 2 unspecified atom stereocenters. The van der Waals surface area contributed by atoms with Crippen LogP contribution in [0, 0.1) is 0 Å². The van der Waals surface area contributed by atoms with E-state index in [1.54, 1.807) is 0 Å². The fraction of sp³-hybridized carbons (Fsp3) is 0.537. The molecule has 0 rings (SSSR count). The van der Waals surface area contributed by atoms with Crippen LogP contribution in [0.4, 0.5) is 0 Å². The van der Waals surface area contributed by atoms with E-state index in [1.165, 1.54) is 0 Å². The third-order valence-electron chi connectivity index (χ3n) is 8.92. The number of nitrogens with zero attached hydrogens (tertiary/aromatic N) is 1. The van der Waals surface area contributed by atoms with Crippen LogP contribution >= 0.6 is 0 Å². The highest BCUT2D eigenvalue weighted by atomic mass is 16.7. The van der Waals surface area contributed by atoms with E-state index in [0.717, 1.165) is 89.9 Å². The van der Waals surface area contributed by atoms with Crippen molar-refractivity contribution in [2.24, 2.45) is 0 Å². The van der Waals surface area contributed by atoms with Gasteiger partial charge in [0, 0.05) is 12.8 Å². The van der Waals surface area contributed by atoms with Crippen LogP contribution in [0.5, 0.6) is 0 Å². The summed E-state index contributed by atoms with van der Waals surface area (Å²) < 4.78 is 22.6. The lowest BCUT2D eigenvalue weighted by Crippen LogP contribution is -2.40. The summed E-state index contributed by atoms with van der Waals surface area (Å²) >= 11 is 0. The lowest BCUT2D eigenvalue weighted by Gasteiger charge is -2.25. The molecule has 9 nitrogen and oxygen atoms in total. The molecule has 0 amide bonds. The van der Waals surface area contributed by atoms with Gasteiger partial charge in [0.05, 0.1) is 34.4 Å². The van der Waals surface area contributed by atoms with Crippen molar-refractivity contribution in [1.29, 1.82) is 0 Å². The van der Waals surface area contributed by atoms with Crippen molar-refractivity contribution in [1.82, 2.24) is 0 Å². The van der Waals surface area contributed by atoms with E-state index in [2.05, 4.69) is 135 Å². The number of carbonyl (C=O) groups is 3. The average Bonchev–Trinajstić information content (AvgIpc) is 3.24. The highest BCUT2D eigenvalue weighted by Gasteiger charge is 2.25. The first-order valence-electron chi connectivity index (χ1n) is 23.3. The van der Waals surface area contributed by atoms with E-state index in [9.17, 15) is 19.5 Å². The molecular weight excluding hydrogens is 791 g/mol. The molecule has 0 bridgehead atoms. The lowest BCUT2D eigenvalue weighted by molar-refractivity contribution is -0.870. The predicted octanol–water partition coefficient (Wildman–Crippen LogP) is 12.8. The molecule has 0 saturated carbocycles. The molecule has 0 aromatic carbocycles. The normalized spacial score (nSPS) is 14.1. The van der Waals surface area contributed by atoms with Gasteiger partial charge in [-0.2, -0.15) is 0 Å². The Morgan fingerprint density at radius 3 is 1.30 bits per heavy atom. The number of hydrogen-bond donors (Lipinski definition) is 1. The van der Waals surface area contributed by atoms with Gasteiger partial charge in [0.1, 0.15) is 13.2 Å². The molecule has 352 valence electrons. The summed E-state index contributed by atoms with van der Waals surface area (Å²) in [5.74, 6) is -2.19. The van der Waals surface area contributed by atoms with Gasteiger partial charge in [-0.15, -0.1) is 0 Å². The summed E-state index contributed by atoms with van der Waals surface area (Å²) in [4.78, 5) is 37.1. The van der Waals surface area contributed by atoms with Crippen molar-refractivity contribution >= 4 is 17.9 Å². The summed E-state index contributed by atoms with van der Waals surface area (Å²) in [7, 11) is 5.91. The SMILES string of the molecule is CC/C=C\C/C=C\C/C=C\C/C=C\C/C=C\C/C=C\CCC(=O)OC(COC(=O)CCCCC/C=C\C/C=C\C/C=C\C/C=C\C/C=C\CC)COC(OCC[N+](C)(C)C)C(=O)O. The Hall–Kier alpha value is -4.57. The van der Waals surface area contributed by atoms with E-state index >= 15 is 0 Å². The molecule has 0 aliphatic carbocycles. The van der Waals surface area contributed by atoms with E-state index in [1.807, 2.05) is 33.3 Å². The monoisotopic (exact) mass is 875 g/mol. The van der Waals surface area contributed by atoms with Crippen molar-refractivity contribution in [3.8, 4) is 0 Å². The first kappa shape index (κ1) is 58.4. The Bertz CT molecular complexity index is 1480. The van der Waals surface area contributed by atoms with Crippen molar-refractivity contribution in [3.05, 3.63) is 134 Å². The summed E-state index contributed by atoms with van der Waals surface area (Å²) in [5, 5.41) is 9.65. The summed E-state index contributed by atoms with van der Waals surface area (Å²) in [5.41, 5.74) is 0. The Labute approximate surface area is 382 Å². The molecule has 0 fully saturated rings. The van der Waals surface area contributed by atoms with Gasteiger partial charge in [-0.05, 0) is 96.3 Å². The Balaban J connectivity index is 4.63. The topological polar surface area (TPSA) is 108 Å². The van der Waals surface area contributed by atoms with Gasteiger partial charge in [-0.3, -0.25) is 9.59 Å². The fourth-order valence-electron chi connectivity index (χ4n) is 5.36. The molecular formula is C54H84NO8+. The summed E-state index contributed by atoms with van der Waals surface area (Å²) in [6.07, 6.45) is 59.6. The summed E-state index contributed by atoms with van der Waals surface area (Å²) in [6, 6.07) is 0. The number of unbranched alkanes of at least 4 members (excludes halogenated alkanes) is 3. The molecule has 1 N–H and O–H groups in total. The van der Waals surface area contributed by atoms with Crippen LogP contribution in [0.3, 0.4) is 0 Å². The maximum atomic E-state index is 12.8. The molecule has 0 aromatic rings. The first-order chi connectivity index (χ1) is 30.6. The lowest BCUT2D eigenvalue weighted by atomic mass is 10.1. The average molecular weight is 875 g/mol. The van der Waals surface area contributed by atoms with Crippen molar-refractivity contribution < 1.29 is 42.9 Å². The zero-order chi connectivity index (χ0) is 46.3. The van der Waals surface area contributed by atoms with Gasteiger partial charge in [0.2, 0.25) is 0 Å². The van der Waals surface area contributed by atoms with E-state index < -0.39 is 30.3 Å². The van der Waals surface area contributed by atoms with E-state index in [4.69, 9.17) is 18.9 Å². The van der Waals surface area contributed by atoms with Crippen LogP contribution in [0.2, 0.25) is 0 Å².